The van der Waals surface area contributed by atoms with Crippen LogP contribution < -0.4 is 20.3 Å². The van der Waals surface area contributed by atoms with E-state index in [1.54, 1.807) is 19.2 Å². The molecule has 1 saturated heterocycles. The third-order valence-corrected chi connectivity index (χ3v) is 6.94. The number of amides is 2. The number of nitrogens with zero attached hydrogens (tertiary/aromatic N) is 2. The van der Waals surface area contributed by atoms with E-state index in [4.69, 9.17) is 4.74 Å². The van der Waals surface area contributed by atoms with Crippen LogP contribution in [0.5, 0.6) is 5.75 Å². The van der Waals surface area contributed by atoms with Gasteiger partial charge in [-0.05, 0) is 80.6 Å². The van der Waals surface area contributed by atoms with Crippen LogP contribution in [0.25, 0.3) is 0 Å². The van der Waals surface area contributed by atoms with E-state index in [-0.39, 0.29) is 6.04 Å². The first-order chi connectivity index (χ1) is 16.5. The number of aryl methyl sites for hydroxylation is 2. The molecule has 34 heavy (non-hydrogen) atoms. The van der Waals surface area contributed by atoms with Crippen molar-refractivity contribution in [1.29, 1.82) is 0 Å². The second-order valence-electron chi connectivity index (χ2n) is 9.39. The smallest absolute Gasteiger partial charge is 0.313 e. The highest BCUT2D eigenvalue weighted by molar-refractivity contribution is 6.39. The summed E-state index contributed by atoms with van der Waals surface area (Å²) in [6.07, 6.45) is 5.79. The Labute approximate surface area is 202 Å². The lowest BCUT2D eigenvalue weighted by atomic mass is 9.95. The average molecular weight is 465 g/mol. The second-order valence-corrected chi connectivity index (χ2v) is 9.39. The molecule has 2 aliphatic heterocycles. The monoisotopic (exact) mass is 464 g/mol. The summed E-state index contributed by atoms with van der Waals surface area (Å²) in [6, 6.07) is 12.2. The molecular formula is C27H36N4O3. The molecule has 2 amide bonds. The molecule has 0 aliphatic carbocycles. The van der Waals surface area contributed by atoms with Crippen molar-refractivity contribution >= 4 is 23.2 Å². The molecule has 7 heteroatoms. The summed E-state index contributed by atoms with van der Waals surface area (Å²) >= 11 is 0. The summed E-state index contributed by atoms with van der Waals surface area (Å²) in [7, 11) is 3.68. The van der Waals surface area contributed by atoms with Crippen LogP contribution in [0.15, 0.2) is 36.4 Å². The normalized spacial score (nSPS) is 17.0. The second kappa shape index (κ2) is 10.9. The van der Waals surface area contributed by atoms with Crippen molar-refractivity contribution in [2.75, 3.05) is 50.6 Å². The topological polar surface area (TPSA) is 73.9 Å². The maximum Gasteiger partial charge on any atom is 0.313 e. The maximum atomic E-state index is 12.7. The Morgan fingerprint density at radius 1 is 1.00 bits per heavy atom. The molecule has 0 aromatic heterocycles. The van der Waals surface area contributed by atoms with Crippen molar-refractivity contribution in [3.63, 3.8) is 0 Å². The molecule has 1 fully saturated rings. The Hall–Kier alpha value is -3.06. The van der Waals surface area contributed by atoms with Gasteiger partial charge in [-0.2, -0.15) is 0 Å². The van der Waals surface area contributed by atoms with Crippen molar-refractivity contribution in [1.82, 2.24) is 10.2 Å². The molecule has 0 radical (unpaired) electrons. The Bertz CT molecular complexity index is 1030. The van der Waals surface area contributed by atoms with Crippen molar-refractivity contribution in [3.8, 4) is 5.75 Å². The zero-order chi connectivity index (χ0) is 24.1. The van der Waals surface area contributed by atoms with E-state index in [1.807, 2.05) is 13.0 Å². The van der Waals surface area contributed by atoms with Gasteiger partial charge < -0.3 is 20.3 Å². The molecular weight excluding hydrogens is 428 g/mol. The van der Waals surface area contributed by atoms with E-state index in [9.17, 15) is 9.59 Å². The van der Waals surface area contributed by atoms with Gasteiger partial charge in [-0.15, -0.1) is 0 Å². The predicted octanol–water partition coefficient (Wildman–Crippen LogP) is 3.67. The number of methoxy groups -OCH3 is 1. The highest BCUT2D eigenvalue weighted by Crippen LogP contribution is 2.32. The fourth-order valence-electron chi connectivity index (χ4n) is 5.07. The molecule has 0 bridgehead atoms. The van der Waals surface area contributed by atoms with E-state index in [0.717, 1.165) is 50.9 Å². The Balaban J connectivity index is 1.47. The lowest BCUT2D eigenvalue weighted by Gasteiger charge is -2.36. The van der Waals surface area contributed by atoms with Gasteiger partial charge in [-0.1, -0.05) is 24.6 Å². The highest BCUT2D eigenvalue weighted by atomic mass is 16.5. The molecule has 182 valence electrons. The number of carbonyl (C=O) groups excluding carboxylic acids is 2. The van der Waals surface area contributed by atoms with E-state index in [2.05, 4.69) is 45.7 Å². The molecule has 1 atom stereocenters. The van der Waals surface area contributed by atoms with Gasteiger partial charge in [0, 0.05) is 25.8 Å². The fraction of sp³-hybridized carbons (Fsp3) is 0.481. The van der Waals surface area contributed by atoms with E-state index < -0.39 is 11.8 Å². The minimum absolute atomic E-state index is 0.0445. The van der Waals surface area contributed by atoms with Crippen molar-refractivity contribution < 1.29 is 14.3 Å². The molecule has 2 N–H and O–H groups in total. The first kappa shape index (κ1) is 24.1. The molecule has 4 rings (SSSR count). The summed E-state index contributed by atoms with van der Waals surface area (Å²) in [5.74, 6) is -0.798. The standard InChI is InChI=1S/C27H36N4O3/c1-19-9-12-25(34-3)22(16-19)29-27(33)26(32)28-18-24(31-14-5-4-6-15-31)21-10-11-23-20(17-21)8-7-13-30(23)2/h9-12,16-17,24H,4-8,13-15,18H2,1-3H3,(H,28,32)(H,29,33)/t24-/m0/s1. The van der Waals surface area contributed by atoms with Crippen LogP contribution in [-0.2, 0) is 16.0 Å². The number of benzene rings is 2. The van der Waals surface area contributed by atoms with E-state index in [0.29, 0.717) is 18.0 Å². The number of ether oxygens (including phenoxy) is 1. The van der Waals surface area contributed by atoms with E-state index in [1.165, 1.54) is 23.2 Å². The van der Waals surface area contributed by atoms with Crippen LogP contribution in [0.2, 0.25) is 0 Å². The number of carbonyl (C=O) groups is 2. The number of likely N-dealkylation sites (tertiary alicyclic amines) is 1. The minimum atomic E-state index is -0.687. The van der Waals surface area contributed by atoms with Crippen molar-refractivity contribution in [2.45, 2.75) is 45.1 Å². The number of piperidine rings is 1. The van der Waals surface area contributed by atoms with Gasteiger partial charge in [-0.25, -0.2) is 0 Å². The maximum absolute atomic E-state index is 12.7. The van der Waals surface area contributed by atoms with Gasteiger partial charge in [0.05, 0.1) is 18.8 Å². The van der Waals surface area contributed by atoms with Crippen LogP contribution in [0.3, 0.4) is 0 Å². The quantitative estimate of drug-likeness (QED) is 0.638. The third-order valence-electron chi connectivity index (χ3n) is 6.94. The molecule has 2 aromatic rings. The SMILES string of the molecule is COc1ccc(C)cc1NC(=O)C(=O)NC[C@@H](c1ccc2c(c1)CCCN2C)N1CCCCC1. The van der Waals surface area contributed by atoms with Crippen LogP contribution in [0.4, 0.5) is 11.4 Å². The number of hydrogen-bond acceptors (Lipinski definition) is 5. The number of fused-ring (bicyclic) bond motifs is 1. The number of rotatable bonds is 6. The van der Waals surface area contributed by atoms with Gasteiger partial charge in [0.1, 0.15) is 5.75 Å². The minimum Gasteiger partial charge on any atom is -0.495 e. The number of nitrogens with one attached hydrogen (secondary N) is 2. The zero-order valence-electron chi connectivity index (χ0n) is 20.5. The predicted molar refractivity (Wildman–Crippen MR) is 136 cm³/mol. The molecule has 2 aromatic carbocycles. The molecule has 2 aliphatic rings. The van der Waals surface area contributed by atoms with Gasteiger partial charge in [0.2, 0.25) is 0 Å². The number of hydrogen-bond donors (Lipinski definition) is 2. The van der Waals surface area contributed by atoms with Crippen molar-refractivity contribution in [3.05, 3.63) is 53.1 Å². The zero-order valence-corrected chi connectivity index (χ0v) is 20.5. The third kappa shape index (κ3) is 5.53. The average Bonchev–Trinajstić information content (AvgIpc) is 2.85. The fourth-order valence-corrected chi connectivity index (χ4v) is 5.07. The summed E-state index contributed by atoms with van der Waals surface area (Å²) in [5, 5.41) is 5.59. The van der Waals surface area contributed by atoms with Crippen LogP contribution in [0, 0.1) is 6.92 Å². The van der Waals surface area contributed by atoms with E-state index >= 15 is 0 Å². The first-order valence-corrected chi connectivity index (χ1v) is 12.3. The summed E-state index contributed by atoms with van der Waals surface area (Å²) in [5.41, 5.74) is 5.33. The Morgan fingerprint density at radius 2 is 1.79 bits per heavy atom. The van der Waals surface area contributed by atoms with Crippen molar-refractivity contribution in [2.24, 2.45) is 0 Å². The van der Waals surface area contributed by atoms with Gasteiger partial charge in [0.15, 0.2) is 0 Å². The highest BCUT2D eigenvalue weighted by Gasteiger charge is 2.26. The van der Waals surface area contributed by atoms with Gasteiger partial charge in [0.25, 0.3) is 0 Å². The van der Waals surface area contributed by atoms with Crippen LogP contribution in [0.1, 0.15) is 48.4 Å². The largest absolute Gasteiger partial charge is 0.495 e. The Kier molecular flexibility index (Phi) is 7.73. The van der Waals surface area contributed by atoms with Crippen LogP contribution in [-0.4, -0.2) is 57.1 Å². The van der Waals surface area contributed by atoms with Gasteiger partial charge >= 0.3 is 11.8 Å². The Morgan fingerprint density at radius 3 is 2.56 bits per heavy atom. The molecule has 2 heterocycles. The number of anilines is 2. The molecule has 0 saturated carbocycles. The summed E-state index contributed by atoms with van der Waals surface area (Å²) < 4.78 is 5.31. The first-order valence-electron chi connectivity index (χ1n) is 12.3. The molecule has 0 spiro atoms. The lowest BCUT2D eigenvalue weighted by Crippen LogP contribution is -2.43. The summed E-state index contributed by atoms with van der Waals surface area (Å²) in [6.45, 7) is 5.41. The van der Waals surface area contributed by atoms with Crippen LogP contribution >= 0.6 is 0 Å². The molecule has 0 unspecified atom stereocenters. The van der Waals surface area contributed by atoms with Gasteiger partial charge in [-0.3, -0.25) is 14.5 Å². The molecule has 7 nitrogen and oxygen atoms in total. The lowest BCUT2D eigenvalue weighted by molar-refractivity contribution is -0.136. The summed E-state index contributed by atoms with van der Waals surface area (Å²) in [4.78, 5) is 30.1.